The Morgan fingerprint density at radius 3 is 2.55 bits per heavy atom. The van der Waals surface area contributed by atoms with Crippen molar-refractivity contribution in [3.63, 3.8) is 0 Å². The first kappa shape index (κ1) is 21.3. The molecular weight excluding hydrogens is 396 g/mol. The Bertz CT molecular complexity index is 935. The molecule has 1 aliphatic heterocycles. The molecule has 1 aliphatic rings. The fraction of sp³-hybridized carbons (Fsp3) is 0.350. The standard InChI is InChI=1S/C20H24N2O6S/c1-3-27-18-12-8-7-11-16(18)19-17(13-14-28-19)22(26-2)29(24,25)21-20(23)15-9-5-4-6-10-15/h4-12,17,19H,3,13-14H2,1-2H3,(H,21,23). The molecule has 3 rings (SSSR count). The number of carbonyl (C=O) groups excluding carboxylic acids is 1. The zero-order valence-electron chi connectivity index (χ0n) is 16.3. The number of amides is 1. The molecule has 0 spiro atoms. The van der Waals surface area contributed by atoms with Gasteiger partial charge in [0.05, 0.1) is 19.8 Å². The van der Waals surface area contributed by atoms with Gasteiger partial charge in [-0.1, -0.05) is 40.9 Å². The van der Waals surface area contributed by atoms with Crippen LogP contribution >= 0.6 is 0 Å². The van der Waals surface area contributed by atoms with E-state index < -0.39 is 28.3 Å². The minimum atomic E-state index is -4.28. The van der Waals surface area contributed by atoms with Crippen molar-refractivity contribution >= 4 is 16.1 Å². The van der Waals surface area contributed by atoms with Crippen LogP contribution < -0.4 is 9.46 Å². The lowest BCUT2D eigenvalue weighted by atomic mass is 10.0. The van der Waals surface area contributed by atoms with Gasteiger partial charge in [0.25, 0.3) is 5.91 Å². The van der Waals surface area contributed by atoms with Crippen molar-refractivity contribution in [1.82, 2.24) is 9.19 Å². The molecule has 2 unspecified atom stereocenters. The summed E-state index contributed by atoms with van der Waals surface area (Å²) in [6, 6.07) is 14.7. The number of nitrogens with zero attached hydrogens (tertiary/aromatic N) is 1. The molecule has 1 N–H and O–H groups in total. The van der Waals surface area contributed by atoms with Crippen molar-refractivity contribution in [2.75, 3.05) is 20.3 Å². The van der Waals surface area contributed by atoms with E-state index in [-0.39, 0.29) is 5.56 Å². The molecule has 1 heterocycles. The molecule has 2 aromatic carbocycles. The molecule has 1 amide bonds. The fourth-order valence-corrected chi connectivity index (χ4v) is 4.53. The third kappa shape index (κ3) is 4.76. The molecule has 29 heavy (non-hydrogen) atoms. The Morgan fingerprint density at radius 1 is 1.17 bits per heavy atom. The molecule has 1 fully saturated rings. The first-order valence-corrected chi connectivity index (χ1v) is 10.7. The van der Waals surface area contributed by atoms with Crippen LogP contribution in [0.3, 0.4) is 0 Å². The zero-order chi connectivity index (χ0) is 20.9. The Hall–Kier alpha value is -2.46. The highest BCUT2D eigenvalue weighted by Gasteiger charge is 2.42. The van der Waals surface area contributed by atoms with Crippen LogP contribution in [0.15, 0.2) is 54.6 Å². The number of carbonyl (C=O) groups is 1. The second kappa shape index (κ2) is 9.36. The number of para-hydroxylation sites is 1. The van der Waals surface area contributed by atoms with Crippen molar-refractivity contribution in [3.05, 3.63) is 65.7 Å². The Labute approximate surface area is 170 Å². The molecule has 0 radical (unpaired) electrons. The van der Waals surface area contributed by atoms with Gasteiger partial charge in [-0.15, -0.1) is 0 Å². The molecule has 156 valence electrons. The van der Waals surface area contributed by atoms with Gasteiger partial charge in [-0.05, 0) is 31.5 Å². The van der Waals surface area contributed by atoms with E-state index in [2.05, 4.69) is 4.72 Å². The lowest BCUT2D eigenvalue weighted by Gasteiger charge is -2.29. The SMILES string of the molecule is CCOc1ccccc1C1OCCC1N(OC)S(=O)(=O)NC(=O)c1ccccc1. The van der Waals surface area contributed by atoms with Gasteiger partial charge in [0, 0.05) is 17.7 Å². The summed E-state index contributed by atoms with van der Waals surface area (Å²) in [6.45, 7) is 2.68. The van der Waals surface area contributed by atoms with Gasteiger partial charge in [-0.25, -0.2) is 4.72 Å². The van der Waals surface area contributed by atoms with Gasteiger partial charge in [-0.3, -0.25) is 9.63 Å². The second-order valence-electron chi connectivity index (χ2n) is 6.36. The number of ether oxygens (including phenoxy) is 2. The minimum absolute atomic E-state index is 0.230. The summed E-state index contributed by atoms with van der Waals surface area (Å²) < 4.78 is 40.2. The van der Waals surface area contributed by atoms with Crippen LogP contribution in [-0.2, 0) is 19.8 Å². The van der Waals surface area contributed by atoms with E-state index in [1.807, 2.05) is 25.1 Å². The van der Waals surface area contributed by atoms with Crippen LogP contribution in [0.4, 0.5) is 0 Å². The van der Waals surface area contributed by atoms with Gasteiger partial charge in [0.2, 0.25) is 0 Å². The predicted octanol–water partition coefficient (Wildman–Crippen LogP) is 2.45. The summed E-state index contributed by atoms with van der Waals surface area (Å²) in [5, 5.41) is 0. The molecule has 1 saturated heterocycles. The molecule has 0 aromatic heterocycles. The van der Waals surface area contributed by atoms with Gasteiger partial charge in [-0.2, -0.15) is 8.42 Å². The molecule has 0 aliphatic carbocycles. The van der Waals surface area contributed by atoms with Crippen LogP contribution in [0.5, 0.6) is 5.75 Å². The lowest BCUT2D eigenvalue weighted by Crippen LogP contribution is -2.48. The van der Waals surface area contributed by atoms with Crippen LogP contribution in [0, 0.1) is 0 Å². The van der Waals surface area contributed by atoms with Crippen LogP contribution in [0.1, 0.15) is 35.4 Å². The molecule has 2 atom stereocenters. The monoisotopic (exact) mass is 420 g/mol. The largest absolute Gasteiger partial charge is 0.493 e. The van der Waals surface area contributed by atoms with E-state index in [4.69, 9.17) is 14.3 Å². The number of nitrogens with one attached hydrogen (secondary N) is 1. The number of benzene rings is 2. The number of rotatable bonds is 8. The molecular formula is C20H24N2O6S. The highest BCUT2D eigenvalue weighted by molar-refractivity contribution is 7.87. The Kier molecular flexibility index (Phi) is 6.86. The molecule has 8 nitrogen and oxygen atoms in total. The predicted molar refractivity (Wildman–Crippen MR) is 106 cm³/mol. The number of hydrogen-bond donors (Lipinski definition) is 1. The van der Waals surface area contributed by atoms with Crippen LogP contribution in [0.25, 0.3) is 0 Å². The maximum atomic E-state index is 12.9. The molecule has 0 saturated carbocycles. The number of hydrogen-bond acceptors (Lipinski definition) is 6. The summed E-state index contributed by atoms with van der Waals surface area (Å²) in [7, 11) is -3.03. The Morgan fingerprint density at radius 2 is 1.86 bits per heavy atom. The zero-order valence-corrected chi connectivity index (χ0v) is 17.1. The lowest BCUT2D eigenvalue weighted by molar-refractivity contribution is -0.0987. The van der Waals surface area contributed by atoms with E-state index in [0.717, 1.165) is 10.0 Å². The van der Waals surface area contributed by atoms with E-state index in [0.29, 0.717) is 25.4 Å². The Balaban J connectivity index is 1.85. The summed E-state index contributed by atoms with van der Waals surface area (Å²) >= 11 is 0. The topological polar surface area (TPSA) is 94.2 Å². The smallest absolute Gasteiger partial charge is 0.326 e. The first-order chi connectivity index (χ1) is 14.0. The fourth-order valence-electron chi connectivity index (χ4n) is 3.32. The van der Waals surface area contributed by atoms with Crippen LogP contribution in [0.2, 0.25) is 0 Å². The van der Waals surface area contributed by atoms with Gasteiger partial charge in [0.15, 0.2) is 0 Å². The van der Waals surface area contributed by atoms with E-state index in [1.54, 1.807) is 24.3 Å². The van der Waals surface area contributed by atoms with Crippen molar-refractivity contribution in [2.24, 2.45) is 0 Å². The first-order valence-electron chi connectivity index (χ1n) is 9.27. The maximum absolute atomic E-state index is 12.9. The maximum Gasteiger partial charge on any atom is 0.326 e. The van der Waals surface area contributed by atoms with Crippen LogP contribution in [-0.4, -0.2) is 45.2 Å². The van der Waals surface area contributed by atoms with Gasteiger partial charge >= 0.3 is 10.2 Å². The summed E-state index contributed by atoms with van der Waals surface area (Å²) in [5.41, 5.74) is 0.955. The molecule has 9 heteroatoms. The quantitative estimate of drug-likeness (QED) is 0.660. The normalized spacial score (nSPS) is 19.3. The van der Waals surface area contributed by atoms with Crippen molar-refractivity contribution in [1.29, 1.82) is 0 Å². The third-order valence-electron chi connectivity index (χ3n) is 4.53. The molecule has 2 aromatic rings. The average molecular weight is 420 g/mol. The average Bonchev–Trinajstić information content (AvgIpc) is 3.18. The van der Waals surface area contributed by atoms with E-state index >= 15 is 0 Å². The van der Waals surface area contributed by atoms with Crippen molar-refractivity contribution < 1.29 is 27.5 Å². The third-order valence-corrected chi connectivity index (χ3v) is 5.87. The number of hydroxylamine groups is 1. The summed E-state index contributed by atoms with van der Waals surface area (Å²) in [4.78, 5) is 17.6. The highest BCUT2D eigenvalue weighted by atomic mass is 32.2. The van der Waals surface area contributed by atoms with E-state index in [9.17, 15) is 13.2 Å². The van der Waals surface area contributed by atoms with Crippen molar-refractivity contribution in [3.8, 4) is 5.75 Å². The second-order valence-corrected chi connectivity index (χ2v) is 7.87. The van der Waals surface area contributed by atoms with Gasteiger partial charge in [0.1, 0.15) is 11.9 Å². The van der Waals surface area contributed by atoms with Crippen molar-refractivity contribution in [2.45, 2.75) is 25.5 Å². The summed E-state index contributed by atoms with van der Waals surface area (Å²) in [5.74, 6) is -0.119. The van der Waals surface area contributed by atoms with E-state index in [1.165, 1.54) is 19.2 Å². The highest BCUT2D eigenvalue weighted by Crippen LogP contribution is 2.38. The molecule has 0 bridgehead atoms. The minimum Gasteiger partial charge on any atom is -0.493 e. The summed E-state index contributed by atoms with van der Waals surface area (Å²) in [6.07, 6.45) is -0.194. The van der Waals surface area contributed by atoms with Gasteiger partial charge < -0.3 is 9.47 Å².